The summed E-state index contributed by atoms with van der Waals surface area (Å²) in [7, 11) is 0. The molecule has 1 heterocycles. The molecule has 2 unspecified atom stereocenters. The van der Waals surface area contributed by atoms with Gasteiger partial charge in [-0.1, -0.05) is 34.6 Å². The lowest BCUT2D eigenvalue weighted by Gasteiger charge is -2.72. The zero-order valence-electron chi connectivity index (χ0n) is 19.8. The molecule has 5 aliphatic carbocycles. The first-order valence-electron chi connectivity index (χ1n) is 12.9. The third-order valence-corrected chi connectivity index (χ3v) is 13.0. The molecule has 0 aromatic rings. The van der Waals surface area contributed by atoms with E-state index < -0.39 is 0 Å². The Bertz CT molecular complexity index is 789. The van der Waals surface area contributed by atoms with Crippen LogP contribution in [0.5, 0.6) is 0 Å². The smallest absolute Gasteiger partial charge is 0.312 e. The first-order chi connectivity index (χ1) is 14.0. The number of carbonyl (C=O) groups excluding carboxylic acids is 1. The van der Waals surface area contributed by atoms with Crippen molar-refractivity contribution < 1.29 is 14.6 Å². The quantitative estimate of drug-likeness (QED) is 0.514. The minimum Gasteiger partial charge on any atom is -0.462 e. The Morgan fingerprint density at radius 3 is 2.30 bits per heavy atom. The lowest BCUT2D eigenvalue weighted by molar-refractivity contribution is -0.243. The van der Waals surface area contributed by atoms with Crippen molar-refractivity contribution in [3.05, 3.63) is 0 Å². The number of rotatable bonds is 0. The van der Waals surface area contributed by atoms with Gasteiger partial charge in [0, 0.05) is 5.92 Å². The Morgan fingerprint density at radius 2 is 1.57 bits per heavy atom. The maximum atomic E-state index is 12.8. The van der Waals surface area contributed by atoms with Crippen LogP contribution in [0.15, 0.2) is 0 Å². The molecule has 1 saturated heterocycles. The van der Waals surface area contributed by atoms with E-state index in [-0.39, 0.29) is 29.0 Å². The number of aliphatic hydroxyl groups is 1. The van der Waals surface area contributed by atoms with Gasteiger partial charge in [0.2, 0.25) is 0 Å². The predicted octanol–water partition coefficient (Wildman–Crippen LogP) is 5.74. The molecule has 6 aliphatic rings. The van der Waals surface area contributed by atoms with E-state index in [0.717, 1.165) is 31.6 Å². The highest BCUT2D eigenvalue weighted by atomic mass is 16.6. The van der Waals surface area contributed by atoms with E-state index >= 15 is 0 Å². The van der Waals surface area contributed by atoms with E-state index in [1.807, 2.05) is 0 Å². The van der Waals surface area contributed by atoms with Gasteiger partial charge >= 0.3 is 5.97 Å². The topological polar surface area (TPSA) is 46.5 Å². The largest absolute Gasteiger partial charge is 0.462 e. The second kappa shape index (κ2) is 5.67. The highest BCUT2D eigenvalue weighted by molar-refractivity contribution is 5.81. The maximum Gasteiger partial charge on any atom is 0.312 e. The Balaban J connectivity index is 1.40. The first-order valence-corrected chi connectivity index (χ1v) is 12.9. The van der Waals surface area contributed by atoms with Crippen LogP contribution in [-0.4, -0.2) is 23.3 Å². The van der Waals surface area contributed by atoms with Crippen molar-refractivity contribution in [2.75, 3.05) is 0 Å². The molecule has 2 bridgehead atoms. The van der Waals surface area contributed by atoms with Crippen LogP contribution in [0.4, 0.5) is 0 Å². The van der Waals surface area contributed by atoms with E-state index in [2.05, 4.69) is 34.6 Å². The fraction of sp³-hybridized carbons (Fsp3) is 0.963. The normalized spacial score (nSPS) is 60.8. The number of hydrogen-bond donors (Lipinski definition) is 1. The summed E-state index contributed by atoms with van der Waals surface area (Å²) in [4.78, 5) is 12.8. The molecule has 5 saturated carbocycles. The number of carbonyl (C=O) groups is 1. The van der Waals surface area contributed by atoms with Crippen molar-refractivity contribution in [2.24, 2.45) is 50.7 Å². The Labute approximate surface area is 182 Å². The van der Waals surface area contributed by atoms with Crippen LogP contribution in [0.1, 0.15) is 98.8 Å². The maximum absolute atomic E-state index is 12.8. The van der Waals surface area contributed by atoms with Gasteiger partial charge in [0.05, 0.1) is 11.5 Å². The molecule has 6 rings (SSSR count). The van der Waals surface area contributed by atoms with Gasteiger partial charge in [0.1, 0.15) is 6.10 Å². The van der Waals surface area contributed by atoms with Gasteiger partial charge in [-0.05, 0) is 104 Å². The summed E-state index contributed by atoms with van der Waals surface area (Å²) < 4.78 is 5.94. The van der Waals surface area contributed by atoms with Crippen LogP contribution >= 0.6 is 0 Å². The average molecular weight is 415 g/mol. The summed E-state index contributed by atoms with van der Waals surface area (Å²) in [5.74, 6) is 2.64. The van der Waals surface area contributed by atoms with Gasteiger partial charge in [-0.2, -0.15) is 0 Å². The lowest BCUT2D eigenvalue weighted by atomic mass is 9.32. The molecule has 168 valence electrons. The van der Waals surface area contributed by atoms with Crippen molar-refractivity contribution in [3.63, 3.8) is 0 Å². The number of esters is 1. The number of aliphatic hydroxyl groups excluding tert-OH is 1. The van der Waals surface area contributed by atoms with Crippen molar-refractivity contribution in [1.29, 1.82) is 0 Å². The van der Waals surface area contributed by atoms with E-state index in [1.54, 1.807) is 0 Å². The molecule has 6 fully saturated rings. The summed E-state index contributed by atoms with van der Waals surface area (Å²) in [6.45, 7) is 12.5. The minimum atomic E-state index is -0.154. The van der Waals surface area contributed by atoms with Crippen molar-refractivity contribution in [2.45, 2.75) is 111 Å². The number of fused-ring (bicyclic) bond motifs is 5. The summed E-state index contributed by atoms with van der Waals surface area (Å²) in [6.07, 6.45) is 11.8. The van der Waals surface area contributed by atoms with Crippen molar-refractivity contribution in [3.8, 4) is 0 Å². The molecular weight excluding hydrogens is 372 g/mol. The zero-order valence-corrected chi connectivity index (χ0v) is 19.8. The monoisotopic (exact) mass is 414 g/mol. The highest BCUT2D eigenvalue weighted by Crippen LogP contribution is 2.77. The summed E-state index contributed by atoms with van der Waals surface area (Å²) in [5, 5.41) is 10.8. The fourth-order valence-electron chi connectivity index (χ4n) is 11.3. The van der Waals surface area contributed by atoms with Crippen LogP contribution < -0.4 is 0 Å². The van der Waals surface area contributed by atoms with E-state index in [1.165, 1.54) is 38.5 Å². The van der Waals surface area contributed by atoms with Crippen molar-refractivity contribution in [1.82, 2.24) is 0 Å². The van der Waals surface area contributed by atoms with Gasteiger partial charge < -0.3 is 9.84 Å². The van der Waals surface area contributed by atoms with Crippen LogP contribution in [-0.2, 0) is 9.53 Å². The van der Waals surface area contributed by atoms with Gasteiger partial charge in [-0.3, -0.25) is 4.79 Å². The molecule has 3 nitrogen and oxygen atoms in total. The second-order valence-electron chi connectivity index (χ2n) is 13.7. The molecule has 10 atom stereocenters. The van der Waals surface area contributed by atoms with E-state index in [0.29, 0.717) is 34.0 Å². The fourth-order valence-corrected chi connectivity index (χ4v) is 11.3. The molecule has 3 heteroatoms. The molecule has 1 N–H and O–H groups in total. The van der Waals surface area contributed by atoms with Crippen molar-refractivity contribution >= 4 is 5.97 Å². The second-order valence-corrected chi connectivity index (χ2v) is 13.7. The van der Waals surface area contributed by atoms with Gasteiger partial charge in [-0.25, -0.2) is 0 Å². The average Bonchev–Trinajstić information content (AvgIpc) is 3.18. The SMILES string of the molecule is CC1(C)[C@@H](O)CC[C@]2(C)[C@H]3CC[C@@H]4C5[C@H]6CCC5(CC[C@@]4(C)[C@]3(C)CC[C@@H]12)C(=O)O6. The molecule has 0 spiro atoms. The molecule has 1 aliphatic heterocycles. The third kappa shape index (κ3) is 1.98. The lowest BCUT2D eigenvalue weighted by Crippen LogP contribution is -2.66. The molecular formula is C27H42O3. The molecule has 30 heavy (non-hydrogen) atoms. The first kappa shape index (κ1) is 20.1. The third-order valence-electron chi connectivity index (χ3n) is 13.0. The van der Waals surface area contributed by atoms with Crippen LogP contribution in [0.25, 0.3) is 0 Å². The standard InChI is InChI=1S/C27H42O3/c1-23(2)18-9-12-26(5)19(24(18,3)11-10-20(23)28)7-6-16-21-17-8-13-27(21,22(29)30-17)15-14-25(16,26)4/h16-21,28H,6-15H2,1-5H3/t16-,17-,18+,19-,20+,21?,24+,25-,26-,27?/m1/s1. The molecule has 0 amide bonds. The molecule has 0 aromatic heterocycles. The van der Waals surface area contributed by atoms with Gasteiger partial charge in [0.25, 0.3) is 0 Å². The molecule has 0 aromatic carbocycles. The summed E-state index contributed by atoms with van der Waals surface area (Å²) >= 11 is 0. The van der Waals surface area contributed by atoms with Gasteiger partial charge in [0.15, 0.2) is 0 Å². The Morgan fingerprint density at radius 1 is 0.800 bits per heavy atom. The zero-order chi connectivity index (χ0) is 21.3. The van der Waals surface area contributed by atoms with Gasteiger partial charge in [-0.15, -0.1) is 0 Å². The predicted molar refractivity (Wildman–Crippen MR) is 117 cm³/mol. The van der Waals surface area contributed by atoms with Crippen LogP contribution in [0.2, 0.25) is 0 Å². The molecule has 0 radical (unpaired) electrons. The number of ether oxygens (including phenoxy) is 1. The Hall–Kier alpha value is -0.570. The summed E-state index contributed by atoms with van der Waals surface area (Å²) in [5.41, 5.74) is 0.879. The highest BCUT2D eigenvalue weighted by Gasteiger charge is 2.74. The van der Waals surface area contributed by atoms with Crippen LogP contribution in [0.3, 0.4) is 0 Å². The summed E-state index contributed by atoms with van der Waals surface area (Å²) in [6, 6.07) is 0. The number of hydrogen-bond acceptors (Lipinski definition) is 3. The van der Waals surface area contributed by atoms with Crippen LogP contribution in [0, 0.1) is 50.7 Å². The van der Waals surface area contributed by atoms with E-state index in [9.17, 15) is 9.90 Å². The minimum absolute atomic E-state index is 0.0214. The Kier molecular flexibility index (Phi) is 3.79. The van der Waals surface area contributed by atoms with E-state index in [4.69, 9.17) is 4.74 Å².